The SMILES string of the molecule is Fc1ccccc1Cn1c(C2=CSCN2)nc2ccccc21. The second kappa shape index (κ2) is 5.50. The Balaban J connectivity index is 1.87. The number of hydrogen-bond donors (Lipinski definition) is 1. The number of imidazole rings is 1. The van der Waals surface area contributed by atoms with E-state index in [1.54, 1.807) is 17.8 Å². The Bertz CT molecular complexity index is 869. The number of hydrogen-bond acceptors (Lipinski definition) is 3. The molecule has 3 aromatic rings. The number of nitrogens with zero attached hydrogens (tertiary/aromatic N) is 2. The van der Waals surface area contributed by atoms with E-state index in [1.165, 1.54) is 6.07 Å². The van der Waals surface area contributed by atoms with Crippen LogP contribution in [0, 0.1) is 5.82 Å². The van der Waals surface area contributed by atoms with Gasteiger partial charge in [0.1, 0.15) is 5.82 Å². The van der Waals surface area contributed by atoms with Crippen LogP contribution < -0.4 is 5.32 Å². The van der Waals surface area contributed by atoms with Crippen LogP contribution in [0.25, 0.3) is 16.7 Å². The average molecular weight is 311 g/mol. The van der Waals surface area contributed by atoms with Gasteiger partial charge in [-0.2, -0.15) is 0 Å². The molecule has 2 aromatic carbocycles. The Hall–Kier alpha value is -2.27. The molecule has 2 heterocycles. The lowest BCUT2D eigenvalue weighted by atomic mass is 10.2. The normalized spacial score (nSPS) is 14.1. The van der Waals surface area contributed by atoms with Gasteiger partial charge < -0.3 is 9.88 Å². The number of halogens is 1. The number of fused-ring (bicyclic) bond motifs is 1. The van der Waals surface area contributed by atoms with Crippen LogP contribution in [0.3, 0.4) is 0 Å². The minimum absolute atomic E-state index is 0.186. The smallest absolute Gasteiger partial charge is 0.158 e. The number of thioether (sulfide) groups is 1. The van der Waals surface area contributed by atoms with E-state index in [0.29, 0.717) is 12.1 Å². The lowest BCUT2D eigenvalue weighted by molar-refractivity contribution is 0.600. The summed E-state index contributed by atoms with van der Waals surface area (Å²) in [7, 11) is 0. The molecule has 110 valence electrons. The Morgan fingerprint density at radius 2 is 1.95 bits per heavy atom. The fraction of sp³-hybridized carbons (Fsp3) is 0.118. The Morgan fingerprint density at radius 3 is 2.77 bits per heavy atom. The van der Waals surface area contributed by atoms with Gasteiger partial charge >= 0.3 is 0 Å². The molecule has 0 fully saturated rings. The van der Waals surface area contributed by atoms with Crippen LogP contribution in [0.4, 0.5) is 4.39 Å². The Labute approximate surface area is 131 Å². The fourth-order valence-corrected chi connectivity index (χ4v) is 3.33. The van der Waals surface area contributed by atoms with E-state index in [2.05, 4.69) is 15.3 Å². The third-order valence-corrected chi connectivity index (χ3v) is 4.44. The first-order valence-corrected chi connectivity index (χ1v) is 8.12. The van der Waals surface area contributed by atoms with Crippen LogP contribution in [-0.2, 0) is 6.54 Å². The van der Waals surface area contributed by atoms with Crippen molar-refractivity contribution in [2.75, 3.05) is 5.88 Å². The second-order valence-electron chi connectivity index (χ2n) is 5.12. The molecule has 0 bridgehead atoms. The van der Waals surface area contributed by atoms with Crippen molar-refractivity contribution in [2.45, 2.75) is 6.54 Å². The highest BCUT2D eigenvalue weighted by Crippen LogP contribution is 2.26. The quantitative estimate of drug-likeness (QED) is 0.797. The number of para-hydroxylation sites is 2. The highest BCUT2D eigenvalue weighted by atomic mass is 32.2. The third kappa shape index (κ3) is 2.27. The average Bonchev–Trinajstić information content (AvgIpc) is 3.17. The van der Waals surface area contributed by atoms with Gasteiger partial charge in [0.15, 0.2) is 5.82 Å². The zero-order valence-corrected chi connectivity index (χ0v) is 12.6. The van der Waals surface area contributed by atoms with Crippen LogP contribution in [-0.4, -0.2) is 15.4 Å². The van der Waals surface area contributed by atoms with Gasteiger partial charge in [-0.15, -0.1) is 11.8 Å². The first-order chi connectivity index (χ1) is 10.8. The number of rotatable bonds is 3. The van der Waals surface area contributed by atoms with Crippen LogP contribution >= 0.6 is 11.8 Å². The molecule has 0 saturated heterocycles. The van der Waals surface area contributed by atoms with Gasteiger partial charge in [0.2, 0.25) is 0 Å². The number of benzene rings is 2. The minimum Gasteiger partial charge on any atom is -0.372 e. The molecule has 1 aliphatic heterocycles. The van der Waals surface area contributed by atoms with Gasteiger partial charge in [-0.05, 0) is 23.6 Å². The van der Waals surface area contributed by atoms with Gasteiger partial charge in [0, 0.05) is 5.56 Å². The first kappa shape index (κ1) is 13.4. The summed E-state index contributed by atoms with van der Waals surface area (Å²) in [5.74, 6) is 1.52. The van der Waals surface area contributed by atoms with Gasteiger partial charge in [0.05, 0.1) is 29.2 Å². The van der Waals surface area contributed by atoms with Gasteiger partial charge in [-0.25, -0.2) is 9.37 Å². The van der Waals surface area contributed by atoms with E-state index < -0.39 is 0 Å². The first-order valence-electron chi connectivity index (χ1n) is 7.07. The molecule has 0 spiro atoms. The van der Waals surface area contributed by atoms with E-state index >= 15 is 0 Å². The molecule has 4 rings (SSSR count). The van der Waals surface area contributed by atoms with Crippen LogP contribution in [0.15, 0.2) is 53.9 Å². The topological polar surface area (TPSA) is 29.9 Å². The third-order valence-electron chi connectivity index (χ3n) is 3.73. The van der Waals surface area contributed by atoms with E-state index in [-0.39, 0.29) is 5.82 Å². The van der Waals surface area contributed by atoms with E-state index in [9.17, 15) is 4.39 Å². The summed E-state index contributed by atoms with van der Waals surface area (Å²) in [5.41, 5.74) is 3.60. The molecule has 0 atom stereocenters. The maximum Gasteiger partial charge on any atom is 0.158 e. The van der Waals surface area contributed by atoms with Crippen LogP contribution in [0.5, 0.6) is 0 Å². The molecular weight excluding hydrogens is 297 g/mol. The highest BCUT2D eigenvalue weighted by Gasteiger charge is 2.17. The van der Waals surface area contributed by atoms with Crippen molar-refractivity contribution in [3.05, 3.63) is 71.1 Å². The Morgan fingerprint density at radius 1 is 1.14 bits per heavy atom. The Kier molecular flexibility index (Phi) is 3.35. The second-order valence-corrected chi connectivity index (χ2v) is 5.98. The summed E-state index contributed by atoms with van der Waals surface area (Å²) >= 11 is 1.70. The molecule has 1 N–H and O–H groups in total. The molecule has 1 aromatic heterocycles. The summed E-state index contributed by atoms with van der Waals surface area (Å²) in [6.07, 6.45) is 0. The summed E-state index contributed by atoms with van der Waals surface area (Å²) in [4.78, 5) is 4.72. The van der Waals surface area contributed by atoms with E-state index in [1.807, 2.05) is 36.4 Å². The molecule has 22 heavy (non-hydrogen) atoms. The van der Waals surface area contributed by atoms with Crippen molar-refractivity contribution in [1.82, 2.24) is 14.9 Å². The van der Waals surface area contributed by atoms with Crippen molar-refractivity contribution < 1.29 is 4.39 Å². The van der Waals surface area contributed by atoms with Crippen molar-refractivity contribution in [2.24, 2.45) is 0 Å². The van der Waals surface area contributed by atoms with Crippen molar-refractivity contribution in [3.8, 4) is 0 Å². The summed E-state index contributed by atoms with van der Waals surface area (Å²) < 4.78 is 16.1. The van der Waals surface area contributed by atoms with E-state index in [0.717, 1.165) is 28.4 Å². The number of aromatic nitrogens is 2. The van der Waals surface area contributed by atoms with Crippen LogP contribution in [0.2, 0.25) is 0 Å². The fourth-order valence-electron chi connectivity index (χ4n) is 2.66. The van der Waals surface area contributed by atoms with E-state index in [4.69, 9.17) is 4.98 Å². The largest absolute Gasteiger partial charge is 0.372 e. The molecule has 0 amide bonds. The van der Waals surface area contributed by atoms with Crippen molar-refractivity contribution >= 4 is 28.5 Å². The lowest BCUT2D eigenvalue weighted by Crippen LogP contribution is -2.12. The standard InChI is InChI=1S/C17H14FN3S/c18-13-6-2-1-5-12(13)9-21-16-8-4-3-7-14(16)20-17(21)15-10-22-11-19-15/h1-8,10,19H,9,11H2. The molecule has 3 nitrogen and oxygen atoms in total. The predicted molar refractivity (Wildman–Crippen MR) is 88.8 cm³/mol. The minimum atomic E-state index is -0.186. The molecule has 1 aliphatic rings. The molecular formula is C17H14FN3S. The van der Waals surface area contributed by atoms with Gasteiger partial charge in [-0.1, -0.05) is 30.3 Å². The van der Waals surface area contributed by atoms with Crippen LogP contribution in [0.1, 0.15) is 11.4 Å². The maximum absolute atomic E-state index is 14.0. The molecule has 5 heteroatoms. The molecule has 0 aliphatic carbocycles. The summed E-state index contributed by atoms with van der Waals surface area (Å²) in [5, 5.41) is 5.39. The van der Waals surface area contributed by atoms with Gasteiger partial charge in [-0.3, -0.25) is 0 Å². The maximum atomic E-state index is 14.0. The summed E-state index contributed by atoms with van der Waals surface area (Å²) in [6.45, 7) is 0.464. The van der Waals surface area contributed by atoms with Gasteiger partial charge in [0.25, 0.3) is 0 Å². The zero-order chi connectivity index (χ0) is 14.9. The number of nitrogens with one attached hydrogen (secondary N) is 1. The molecule has 0 saturated carbocycles. The highest BCUT2D eigenvalue weighted by molar-refractivity contribution is 8.02. The van der Waals surface area contributed by atoms with Crippen molar-refractivity contribution in [3.63, 3.8) is 0 Å². The predicted octanol–water partition coefficient (Wildman–Crippen LogP) is 3.82. The van der Waals surface area contributed by atoms with Crippen molar-refractivity contribution in [1.29, 1.82) is 0 Å². The molecule has 0 radical (unpaired) electrons. The molecule has 0 unspecified atom stereocenters. The summed E-state index contributed by atoms with van der Waals surface area (Å²) in [6, 6.07) is 14.9. The lowest BCUT2D eigenvalue weighted by Gasteiger charge is -2.11. The zero-order valence-electron chi connectivity index (χ0n) is 11.8. The monoisotopic (exact) mass is 311 g/mol.